The number of fused-ring (bicyclic) bond motifs is 1. The monoisotopic (exact) mass is 266 g/mol. The maximum absolute atomic E-state index is 10.3. The van der Waals surface area contributed by atoms with Crippen LogP contribution in [0.5, 0.6) is 0 Å². The molecule has 0 heterocycles. The van der Waals surface area contributed by atoms with Crippen LogP contribution in [0.4, 0.5) is 0 Å². The van der Waals surface area contributed by atoms with E-state index in [0.29, 0.717) is 5.92 Å². The van der Waals surface area contributed by atoms with Crippen molar-refractivity contribution in [3.05, 3.63) is 70.8 Å². The van der Waals surface area contributed by atoms with Gasteiger partial charge in [0.2, 0.25) is 0 Å². The van der Waals surface area contributed by atoms with Crippen molar-refractivity contribution >= 4 is 0 Å². The largest absolute Gasteiger partial charge is 0.393 e. The first-order chi connectivity index (χ1) is 9.74. The van der Waals surface area contributed by atoms with Gasteiger partial charge in [-0.15, -0.1) is 0 Å². The quantitative estimate of drug-likeness (QED) is 0.866. The van der Waals surface area contributed by atoms with Crippen molar-refractivity contribution in [1.82, 2.24) is 0 Å². The highest BCUT2D eigenvalue weighted by molar-refractivity contribution is 5.39. The smallest absolute Gasteiger partial charge is 0.0549 e. The van der Waals surface area contributed by atoms with Gasteiger partial charge in [0.1, 0.15) is 0 Å². The molecule has 1 aliphatic rings. The Morgan fingerprint density at radius 2 is 1.85 bits per heavy atom. The molecule has 0 bridgehead atoms. The highest BCUT2D eigenvalue weighted by atomic mass is 16.3. The highest BCUT2D eigenvalue weighted by Crippen LogP contribution is 2.38. The predicted octanol–water partition coefficient (Wildman–Crippen LogP) is 4.02. The molecule has 104 valence electrons. The molecular weight excluding hydrogens is 244 g/mol. The third-order valence-corrected chi connectivity index (χ3v) is 4.53. The van der Waals surface area contributed by atoms with Crippen LogP contribution in [0.25, 0.3) is 0 Å². The van der Waals surface area contributed by atoms with Gasteiger partial charge in [-0.05, 0) is 60.8 Å². The maximum Gasteiger partial charge on any atom is 0.0549 e. The Hall–Kier alpha value is -1.60. The van der Waals surface area contributed by atoms with Crippen molar-refractivity contribution in [3.63, 3.8) is 0 Å². The lowest BCUT2D eigenvalue weighted by molar-refractivity contribution is 0.142. The van der Waals surface area contributed by atoms with E-state index in [1.807, 2.05) is 0 Å². The molecule has 1 nitrogen and oxygen atoms in total. The summed E-state index contributed by atoms with van der Waals surface area (Å²) >= 11 is 0. The Bertz CT molecular complexity index is 588. The molecule has 0 amide bonds. The Balaban J connectivity index is 1.52. The van der Waals surface area contributed by atoms with Crippen molar-refractivity contribution in [2.24, 2.45) is 0 Å². The summed E-state index contributed by atoms with van der Waals surface area (Å²) in [5.41, 5.74) is 5.60. The molecule has 1 heteroatoms. The minimum Gasteiger partial charge on any atom is -0.393 e. The second-order valence-electron chi connectivity index (χ2n) is 5.95. The summed E-state index contributed by atoms with van der Waals surface area (Å²) in [5.74, 6) is 0.568. The molecule has 0 fully saturated rings. The molecule has 2 aromatic rings. The minimum atomic E-state index is -0.187. The van der Waals surface area contributed by atoms with Gasteiger partial charge in [0.25, 0.3) is 0 Å². The molecule has 3 rings (SSSR count). The van der Waals surface area contributed by atoms with Crippen molar-refractivity contribution < 1.29 is 5.11 Å². The van der Waals surface area contributed by atoms with Gasteiger partial charge in [-0.25, -0.2) is 0 Å². The number of aryl methyl sites for hydroxylation is 2. The van der Waals surface area contributed by atoms with Gasteiger partial charge >= 0.3 is 0 Å². The number of benzene rings is 2. The molecule has 2 aromatic carbocycles. The molecular formula is C19H22O. The van der Waals surface area contributed by atoms with Gasteiger partial charge in [0, 0.05) is 0 Å². The first-order valence-corrected chi connectivity index (χ1v) is 7.54. The Morgan fingerprint density at radius 1 is 1.10 bits per heavy atom. The standard InChI is InChI=1S/C19H22O/c1-14-6-2-3-7-15(14)10-11-18(20)13-17-12-16-8-4-5-9-19(16)17/h2-9,17-18,20H,10-13H2,1H3. The number of aliphatic hydroxyl groups is 1. The summed E-state index contributed by atoms with van der Waals surface area (Å²) in [6.45, 7) is 2.14. The third kappa shape index (κ3) is 2.78. The van der Waals surface area contributed by atoms with E-state index in [2.05, 4.69) is 55.5 Å². The van der Waals surface area contributed by atoms with Crippen LogP contribution in [0.2, 0.25) is 0 Å². The van der Waals surface area contributed by atoms with Crippen LogP contribution < -0.4 is 0 Å². The fourth-order valence-electron chi connectivity index (χ4n) is 3.23. The molecule has 0 aromatic heterocycles. The molecule has 1 aliphatic carbocycles. The molecule has 0 spiro atoms. The fourth-order valence-corrected chi connectivity index (χ4v) is 3.23. The molecule has 0 aliphatic heterocycles. The van der Waals surface area contributed by atoms with E-state index in [1.165, 1.54) is 22.3 Å². The molecule has 20 heavy (non-hydrogen) atoms. The van der Waals surface area contributed by atoms with Crippen LogP contribution in [0.3, 0.4) is 0 Å². The summed E-state index contributed by atoms with van der Waals surface area (Å²) in [7, 11) is 0. The average molecular weight is 266 g/mol. The van der Waals surface area contributed by atoms with E-state index in [9.17, 15) is 5.11 Å². The van der Waals surface area contributed by atoms with Gasteiger partial charge in [-0.1, -0.05) is 48.5 Å². The summed E-state index contributed by atoms with van der Waals surface area (Å²) in [5, 5.41) is 10.3. The van der Waals surface area contributed by atoms with E-state index >= 15 is 0 Å². The Morgan fingerprint density at radius 3 is 2.65 bits per heavy atom. The normalized spacial score (nSPS) is 18.2. The van der Waals surface area contributed by atoms with Crippen molar-refractivity contribution in [2.75, 3.05) is 0 Å². The SMILES string of the molecule is Cc1ccccc1CCC(O)CC1Cc2ccccc21. The predicted molar refractivity (Wildman–Crippen MR) is 83.0 cm³/mol. The number of hydrogen-bond acceptors (Lipinski definition) is 1. The van der Waals surface area contributed by atoms with Crippen LogP contribution >= 0.6 is 0 Å². The topological polar surface area (TPSA) is 20.2 Å². The Labute approximate surface area is 121 Å². The van der Waals surface area contributed by atoms with E-state index < -0.39 is 0 Å². The highest BCUT2D eigenvalue weighted by Gasteiger charge is 2.27. The summed E-state index contributed by atoms with van der Waals surface area (Å²) in [6.07, 6.45) is 3.69. The van der Waals surface area contributed by atoms with Crippen LogP contribution in [-0.2, 0) is 12.8 Å². The lowest BCUT2D eigenvalue weighted by Gasteiger charge is -2.31. The van der Waals surface area contributed by atoms with Gasteiger partial charge in [0.05, 0.1) is 6.10 Å². The van der Waals surface area contributed by atoms with Gasteiger partial charge in [0.15, 0.2) is 0 Å². The van der Waals surface area contributed by atoms with E-state index in [0.717, 1.165) is 25.7 Å². The molecule has 0 radical (unpaired) electrons. The zero-order valence-electron chi connectivity index (χ0n) is 12.0. The number of rotatable bonds is 5. The molecule has 1 N–H and O–H groups in total. The Kier molecular flexibility index (Phi) is 3.88. The lowest BCUT2D eigenvalue weighted by Crippen LogP contribution is -2.22. The van der Waals surface area contributed by atoms with Crippen LogP contribution in [0.15, 0.2) is 48.5 Å². The molecule has 2 unspecified atom stereocenters. The van der Waals surface area contributed by atoms with Crippen LogP contribution in [-0.4, -0.2) is 11.2 Å². The van der Waals surface area contributed by atoms with E-state index in [-0.39, 0.29) is 6.10 Å². The van der Waals surface area contributed by atoms with Crippen molar-refractivity contribution in [3.8, 4) is 0 Å². The number of aliphatic hydroxyl groups excluding tert-OH is 1. The van der Waals surface area contributed by atoms with Gasteiger partial charge in [-0.3, -0.25) is 0 Å². The second kappa shape index (κ2) is 5.80. The second-order valence-corrected chi connectivity index (χ2v) is 5.95. The minimum absolute atomic E-state index is 0.187. The molecule has 0 saturated carbocycles. The van der Waals surface area contributed by atoms with E-state index in [4.69, 9.17) is 0 Å². The molecule has 0 saturated heterocycles. The zero-order valence-corrected chi connectivity index (χ0v) is 12.0. The first-order valence-electron chi connectivity index (χ1n) is 7.54. The molecule has 2 atom stereocenters. The first kappa shape index (κ1) is 13.4. The van der Waals surface area contributed by atoms with Crippen molar-refractivity contribution in [1.29, 1.82) is 0 Å². The summed E-state index contributed by atoms with van der Waals surface area (Å²) in [4.78, 5) is 0. The van der Waals surface area contributed by atoms with Crippen LogP contribution in [0, 0.1) is 6.92 Å². The average Bonchev–Trinajstić information content (AvgIpc) is 2.44. The maximum atomic E-state index is 10.3. The van der Waals surface area contributed by atoms with E-state index in [1.54, 1.807) is 0 Å². The lowest BCUT2D eigenvalue weighted by atomic mass is 9.74. The zero-order chi connectivity index (χ0) is 13.9. The van der Waals surface area contributed by atoms with Gasteiger partial charge in [-0.2, -0.15) is 0 Å². The van der Waals surface area contributed by atoms with Gasteiger partial charge < -0.3 is 5.11 Å². The fraction of sp³-hybridized carbons (Fsp3) is 0.368. The number of hydrogen-bond donors (Lipinski definition) is 1. The summed E-state index contributed by atoms with van der Waals surface area (Å²) in [6, 6.07) is 17.1. The van der Waals surface area contributed by atoms with Crippen molar-refractivity contribution in [2.45, 2.75) is 44.6 Å². The summed E-state index contributed by atoms with van der Waals surface area (Å²) < 4.78 is 0. The van der Waals surface area contributed by atoms with Crippen LogP contribution in [0.1, 0.15) is 41.0 Å². The third-order valence-electron chi connectivity index (χ3n) is 4.53.